The monoisotopic (exact) mass is 434 g/mol. The Morgan fingerprint density at radius 1 is 0.741 bits per heavy atom. The Labute approximate surface area is 142 Å². The normalized spacial score (nSPS) is 14.4. The molecular formula is C12H11F13O2. The number of ether oxygens (including phenoxy) is 1. The zero-order valence-electron chi connectivity index (χ0n) is 11.9. The van der Waals surface area contributed by atoms with E-state index in [2.05, 4.69) is 11.3 Å². The van der Waals surface area contributed by atoms with Gasteiger partial charge in [0.1, 0.15) is 0 Å². The molecule has 0 saturated carbocycles. The summed E-state index contributed by atoms with van der Waals surface area (Å²) >= 11 is 0. The van der Waals surface area contributed by atoms with E-state index in [1.165, 1.54) is 0 Å². The van der Waals surface area contributed by atoms with Crippen molar-refractivity contribution in [3.8, 4) is 0 Å². The fraction of sp³-hybridized carbons (Fsp3) is 0.750. The van der Waals surface area contributed by atoms with Crippen molar-refractivity contribution in [2.45, 2.75) is 49.6 Å². The lowest BCUT2D eigenvalue weighted by Gasteiger charge is -2.39. The van der Waals surface area contributed by atoms with Crippen LogP contribution in [0.1, 0.15) is 13.8 Å². The summed E-state index contributed by atoms with van der Waals surface area (Å²) in [7, 11) is 0. The van der Waals surface area contributed by atoms with Crippen molar-refractivity contribution < 1.29 is 66.6 Å². The molecule has 0 atom stereocenters. The molecule has 162 valence electrons. The van der Waals surface area contributed by atoms with Crippen LogP contribution in [0.5, 0.6) is 0 Å². The maximum absolute atomic E-state index is 13.2. The lowest BCUT2D eigenvalue weighted by Crippen LogP contribution is -2.70. The zero-order chi connectivity index (χ0) is 21.4. The van der Waals surface area contributed by atoms with E-state index in [4.69, 9.17) is 0 Å². The molecule has 0 aromatic rings. The molecule has 0 radical (unpaired) electrons. The number of esters is 1. The van der Waals surface area contributed by atoms with Gasteiger partial charge >= 0.3 is 41.8 Å². The summed E-state index contributed by atoms with van der Waals surface area (Å²) in [5.41, 5.74) is 0. The molecule has 0 heterocycles. The van der Waals surface area contributed by atoms with Gasteiger partial charge in [-0.05, 0) is 0 Å². The Bertz CT molecular complexity index is 536. The predicted molar refractivity (Wildman–Crippen MR) is 63.3 cm³/mol. The van der Waals surface area contributed by atoms with Gasteiger partial charge in [0.05, 0.1) is 13.0 Å². The molecule has 15 heteroatoms. The fourth-order valence-corrected chi connectivity index (χ4v) is 1.30. The topological polar surface area (TPSA) is 26.3 Å². The summed E-state index contributed by atoms with van der Waals surface area (Å²) in [6.45, 7) is 0.940. The number of halogens is 13. The highest BCUT2D eigenvalue weighted by molar-refractivity contribution is 5.81. The van der Waals surface area contributed by atoms with Crippen LogP contribution in [0.2, 0.25) is 0 Å². The Morgan fingerprint density at radius 2 is 1.11 bits per heavy atom. The van der Waals surface area contributed by atoms with Gasteiger partial charge in [-0.3, -0.25) is 0 Å². The molecule has 0 amide bonds. The van der Waals surface area contributed by atoms with Crippen LogP contribution >= 0.6 is 0 Å². The summed E-state index contributed by atoms with van der Waals surface area (Å²) in [4.78, 5) is 10.5. The molecule has 2 nitrogen and oxygen atoms in total. The van der Waals surface area contributed by atoms with E-state index >= 15 is 0 Å². The highest BCUT2D eigenvalue weighted by Crippen LogP contribution is 2.60. The second-order valence-corrected chi connectivity index (χ2v) is 4.62. The van der Waals surface area contributed by atoms with Crippen molar-refractivity contribution in [3.63, 3.8) is 0 Å². The third kappa shape index (κ3) is 4.42. The molecule has 27 heavy (non-hydrogen) atoms. The van der Waals surface area contributed by atoms with Crippen LogP contribution in [0.15, 0.2) is 12.7 Å². The van der Waals surface area contributed by atoms with Crippen LogP contribution in [-0.2, 0) is 9.53 Å². The molecule has 0 spiro atoms. The van der Waals surface area contributed by atoms with Gasteiger partial charge in [0.25, 0.3) is 0 Å². The number of carbonyl (C=O) groups excluding carboxylic acids is 1. The molecule has 0 fully saturated rings. The number of hydrogen-bond acceptors (Lipinski definition) is 2. The number of alkyl halides is 13. The molecule has 0 aliphatic rings. The second kappa shape index (κ2) is 7.73. The molecule has 0 aliphatic heterocycles. The van der Waals surface area contributed by atoms with Crippen molar-refractivity contribution in [3.05, 3.63) is 12.7 Å². The quantitative estimate of drug-likeness (QED) is 0.287. The summed E-state index contributed by atoms with van der Waals surface area (Å²) in [5, 5.41) is 0. The van der Waals surface area contributed by atoms with Crippen molar-refractivity contribution in [1.82, 2.24) is 0 Å². The van der Waals surface area contributed by atoms with E-state index in [1.54, 1.807) is 0 Å². The zero-order valence-corrected chi connectivity index (χ0v) is 11.9. The van der Waals surface area contributed by atoms with Crippen LogP contribution in [0.4, 0.5) is 57.1 Å². The molecule has 0 N–H and O–H groups in total. The van der Waals surface area contributed by atoms with E-state index < -0.39 is 54.8 Å². The van der Waals surface area contributed by atoms with Gasteiger partial charge in [0.15, 0.2) is 0 Å². The largest absolute Gasteiger partial charge is 0.462 e. The van der Waals surface area contributed by atoms with Crippen LogP contribution in [0, 0.1) is 0 Å². The highest BCUT2D eigenvalue weighted by Gasteiger charge is 2.90. The van der Waals surface area contributed by atoms with Gasteiger partial charge in [-0.1, -0.05) is 14.0 Å². The standard InChI is InChI=1S/C11H7F13O2.CH4/c1-2-5(25)26-4-3-6(12,13)7(14,15)8(16,17)9(18,19)10(20,21)11(22,23)24;/h2H,1,3-4H2;1H4. The first-order valence-electron chi connectivity index (χ1n) is 5.95. The molecule has 0 aromatic carbocycles. The van der Waals surface area contributed by atoms with Crippen molar-refractivity contribution in [1.29, 1.82) is 0 Å². The molecule has 0 rings (SSSR count). The lowest BCUT2D eigenvalue weighted by atomic mass is 9.93. The Morgan fingerprint density at radius 3 is 1.44 bits per heavy atom. The maximum Gasteiger partial charge on any atom is 0.460 e. The maximum atomic E-state index is 13.2. The highest BCUT2D eigenvalue weighted by atomic mass is 19.4. The van der Waals surface area contributed by atoms with E-state index in [9.17, 15) is 61.9 Å². The lowest BCUT2D eigenvalue weighted by molar-refractivity contribution is -0.440. The van der Waals surface area contributed by atoms with E-state index in [1.807, 2.05) is 0 Å². The summed E-state index contributed by atoms with van der Waals surface area (Å²) in [6.07, 6.45) is -9.74. The summed E-state index contributed by atoms with van der Waals surface area (Å²) < 4.78 is 169. The summed E-state index contributed by atoms with van der Waals surface area (Å²) in [5.74, 6) is -38.7. The van der Waals surface area contributed by atoms with Crippen molar-refractivity contribution >= 4 is 5.97 Å². The average molecular weight is 434 g/mol. The van der Waals surface area contributed by atoms with Crippen LogP contribution in [0.25, 0.3) is 0 Å². The molecule has 0 saturated heterocycles. The van der Waals surface area contributed by atoms with Gasteiger partial charge in [-0.15, -0.1) is 0 Å². The van der Waals surface area contributed by atoms with Crippen LogP contribution < -0.4 is 0 Å². The van der Waals surface area contributed by atoms with Gasteiger partial charge in [-0.2, -0.15) is 57.1 Å². The Balaban J connectivity index is 0. The third-order valence-corrected chi connectivity index (χ3v) is 2.83. The number of rotatable bonds is 8. The van der Waals surface area contributed by atoms with Crippen LogP contribution in [0.3, 0.4) is 0 Å². The molecule has 0 aliphatic carbocycles. The molecule has 0 aromatic heterocycles. The van der Waals surface area contributed by atoms with E-state index in [0.717, 1.165) is 0 Å². The van der Waals surface area contributed by atoms with Crippen LogP contribution in [-0.4, -0.2) is 48.4 Å². The van der Waals surface area contributed by atoms with E-state index in [-0.39, 0.29) is 7.43 Å². The Kier molecular flexibility index (Phi) is 7.88. The SMILES string of the molecule is C.C=CC(=O)OCCC(F)(F)C(F)(F)C(F)(F)C(F)(F)C(F)(F)C(F)(F)F. The smallest absolute Gasteiger partial charge is 0.460 e. The Hall–Kier alpha value is -1.70. The molecule has 0 bridgehead atoms. The molecule has 0 unspecified atom stereocenters. The fourth-order valence-electron chi connectivity index (χ4n) is 1.30. The van der Waals surface area contributed by atoms with Crippen molar-refractivity contribution in [2.75, 3.05) is 6.61 Å². The second-order valence-electron chi connectivity index (χ2n) is 4.62. The predicted octanol–water partition coefficient (Wildman–Crippen LogP) is 5.48. The first kappa shape index (κ1) is 27.5. The average Bonchev–Trinajstić information content (AvgIpc) is 2.44. The first-order valence-corrected chi connectivity index (χ1v) is 5.95. The van der Waals surface area contributed by atoms with Gasteiger partial charge < -0.3 is 4.74 Å². The van der Waals surface area contributed by atoms with Crippen molar-refractivity contribution in [2.24, 2.45) is 0 Å². The number of carbonyl (C=O) groups is 1. The molecular weight excluding hydrogens is 423 g/mol. The first-order chi connectivity index (χ1) is 11.2. The number of hydrogen-bond donors (Lipinski definition) is 0. The minimum atomic E-state index is -7.94. The van der Waals surface area contributed by atoms with E-state index in [0.29, 0.717) is 6.08 Å². The van der Waals surface area contributed by atoms with Gasteiger partial charge in [0, 0.05) is 6.08 Å². The summed E-state index contributed by atoms with van der Waals surface area (Å²) in [6, 6.07) is 0. The van der Waals surface area contributed by atoms with Gasteiger partial charge in [-0.25, -0.2) is 4.79 Å². The minimum absolute atomic E-state index is 0. The third-order valence-electron chi connectivity index (χ3n) is 2.83. The minimum Gasteiger partial charge on any atom is -0.462 e. The van der Waals surface area contributed by atoms with Gasteiger partial charge in [0.2, 0.25) is 0 Å².